The molecule has 2 rings (SSSR count). The summed E-state index contributed by atoms with van der Waals surface area (Å²) in [4.78, 5) is 24.8. The van der Waals surface area contributed by atoms with E-state index in [1.54, 1.807) is 0 Å². The Balaban J connectivity index is 2.09. The lowest BCUT2D eigenvalue weighted by Gasteiger charge is -2.24. The molecule has 0 bridgehead atoms. The maximum absolute atomic E-state index is 12.4. The van der Waals surface area contributed by atoms with Gasteiger partial charge in [-0.1, -0.05) is 6.07 Å². The van der Waals surface area contributed by atoms with Crippen LogP contribution in [-0.2, 0) is 9.59 Å². The van der Waals surface area contributed by atoms with E-state index >= 15 is 0 Å². The number of carbonyl (C=O) groups excluding carboxylic acids is 2. The minimum absolute atomic E-state index is 0.170. The summed E-state index contributed by atoms with van der Waals surface area (Å²) in [5.74, 6) is -0.371. The number of hydrogen-bond donors (Lipinski definition) is 2. The van der Waals surface area contributed by atoms with Crippen molar-refractivity contribution < 1.29 is 9.59 Å². The van der Waals surface area contributed by atoms with E-state index in [1.165, 1.54) is 5.56 Å². The van der Waals surface area contributed by atoms with Crippen molar-refractivity contribution in [1.29, 1.82) is 0 Å². The maximum Gasteiger partial charge on any atom is 0.240 e. The van der Waals surface area contributed by atoms with Crippen LogP contribution in [-0.4, -0.2) is 17.4 Å². The van der Waals surface area contributed by atoms with E-state index in [-0.39, 0.29) is 17.4 Å². The van der Waals surface area contributed by atoms with Crippen LogP contribution in [0.3, 0.4) is 0 Å². The van der Waals surface area contributed by atoms with Gasteiger partial charge in [0.25, 0.3) is 0 Å². The van der Waals surface area contributed by atoms with Crippen molar-refractivity contribution in [2.45, 2.75) is 53.0 Å². The number of nitrogens with one attached hydrogen (secondary N) is 2. The number of hydrogen-bond acceptors (Lipinski definition) is 2. The number of amides is 2. The van der Waals surface area contributed by atoms with Crippen molar-refractivity contribution in [2.24, 2.45) is 5.41 Å². The average Bonchev–Trinajstić information content (AvgIpc) is 3.13. The second-order valence-corrected chi connectivity index (χ2v) is 7.04. The van der Waals surface area contributed by atoms with E-state index in [9.17, 15) is 9.59 Å². The molecule has 0 unspecified atom stereocenters. The molecule has 0 radical (unpaired) electrons. The second kappa shape index (κ2) is 5.17. The molecule has 114 valence electrons. The lowest BCUT2D eigenvalue weighted by molar-refractivity contribution is -0.135. The monoisotopic (exact) mass is 288 g/mol. The fourth-order valence-corrected chi connectivity index (χ4v) is 2.21. The quantitative estimate of drug-likeness (QED) is 0.840. The third-order valence-electron chi connectivity index (χ3n) is 3.87. The lowest BCUT2D eigenvalue weighted by Crippen LogP contribution is -2.48. The number of anilines is 1. The van der Waals surface area contributed by atoms with Gasteiger partial charge in [-0.3, -0.25) is 9.59 Å². The molecule has 1 saturated carbocycles. The molecule has 0 spiro atoms. The molecule has 21 heavy (non-hydrogen) atoms. The molecule has 1 aromatic carbocycles. The highest BCUT2D eigenvalue weighted by Crippen LogP contribution is 2.47. The largest absolute Gasteiger partial charge is 0.351 e. The van der Waals surface area contributed by atoms with Crippen LogP contribution in [0, 0.1) is 19.3 Å². The van der Waals surface area contributed by atoms with E-state index in [0.717, 1.165) is 11.3 Å². The second-order valence-electron chi connectivity index (χ2n) is 7.04. The van der Waals surface area contributed by atoms with Crippen molar-refractivity contribution in [2.75, 3.05) is 5.32 Å². The predicted octanol–water partition coefficient (Wildman–Crippen LogP) is 2.94. The molecule has 4 nitrogen and oxygen atoms in total. The Bertz CT molecular complexity index is 581. The summed E-state index contributed by atoms with van der Waals surface area (Å²) in [6.45, 7) is 9.79. The molecule has 1 aliphatic carbocycles. The normalized spacial score (nSPS) is 16.2. The molecular formula is C17H24N2O2. The van der Waals surface area contributed by atoms with Gasteiger partial charge in [-0.2, -0.15) is 0 Å². The van der Waals surface area contributed by atoms with Crippen LogP contribution in [0.1, 0.15) is 44.7 Å². The summed E-state index contributed by atoms with van der Waals surface area (Å²) < 4.78 is 0. The SMILES string of the molecule is Cc1ccc(NC(=O)C2(C(=O)NC(C)(C)C)CC2)cc1C. The van der Waals surface area contributed by atoms with Gasteiger partial charge in [-0.05, 0) is 70.7 Å². The van der Waals surface area contributed by atoms with E-state index < -0.39 is 5.41 Å². The molecule has 0 heterocycles. The zero-order valence-corrected chi connectivity index (χ0v) is 13.5. The first-order valence-electron chi connectivity index (χ1n) is 7.35. The van der Waals surface area contributed by atoms with Crippen LogP contribution < -0.4 is 10.6 Å². The molecule has 1 aliphatic rings. The van der Waals surface area contributed by atoms with E-state index in [0.29, 0.717) is 12.8 Å². The molecule has 2 N–H and O–H groups in total. The molecule has 4 heteroatoms. The summed E-state index contributed by atoms with van der Waals surface area (Å²) in [7, 11) is 0. The Kier molecular flexibility index (Phi) is 3.83. The summed E-state index contributed by atoms with van der Waals surface area (Å²) in [6.07, 6.45) is 1.23. The fourth-order valence-electron chi connectivity index (χ4n) is 2.21. The maximum atomic E-state index is 12.4. The van der Waals surface area contributed by atoms with Gasteiger partial charge in [0.2, 0.25) is 11.8 Å². The summed E-state index contributed by atoms with van der Waals surface area (Å²) in [5.41, 5.74) is 1.84. The van der Waals surface area contributed by atoms with Crippen molar-refractivity contribution >= 4 is 17.5 Å². The van der Waals surface area contributed by atoms with Gasteiger partial charge in [-0.15, -0.1) is 0 Å². The minimum Gasteiger partial charge on any atom is -0.351 e. The molecule has 2 amide bonds. The van der Waals surface area contributed by atoms with Crippen molar-refractivity contribution in [1.82, 2.24) is 5.32 Å². The summed E-state index contributed by atoms with van der Waals surface area (Å²) >= 11 is 0. The lowest BCUT2D eigenvalue weighted by atomic mass is 10.0. The third kappa shape index (κ3) is 3.43. The van der Waals surface area contributed by atoms with Crippen LogP contribution in [0.25, 0.3) is 0 Å². The smallest absolute Gasteiger partial charge is 0.240 e. The van der Waals surface area contributed by atoms with E-state index in [2.05, 4.69) is 10.6 Å². The van der Waals surface area contributed by atoms with Crippen LogP contribution in [0.2, 0.25) is 0 Å². The van der Waals surface area contributed by atoms with Gasteiger partial charge < -0.3 is 10.6 Å². The van der Waals surface area contributed by atoms with Gasteiger partial charge in [0.05, 0.1) is 0 Å². The molecule has 0 saturated heterocycles. The number of aryl methyl sites for hydroxylation is 2. The molecule has 0 aliphatic heterocycles. The van der Waals surface area contributed by atoms with Gasteiger partial charge in [0, 0.05) is 11.2 Å². The molecular weight excluding hydrogens is 264 g/mol. The van der Waals surface area contributed by atoms with Crippen LogP contribution in [0.15, 0.2) is 18.2 Å². The van der Waals surface area contributed by atoms with Gasteiger partial charge in [0.15, 0.2) is 0 Å². The van der Waals surface area contributed by atoms with Crippen LogP contribution in [0.5, 0.6) is 0 Å². The Labute approximate surface area is 126 Å². The zero-order valence-electron chi connectivity index (χ0n) is 13.5. The highest BCUT2D eigenvalue weighted by atomic mass is 16.2. The Morgan fingerprint density at radius 1 is 1.05 bits per heavy atom. The highest BCUT2D eigenvalue weighted by molar-refractivity contribution is 6.13. The Morgan fingerprint density at radius 3 is 2.14 bits per heavy atom. The highest BCUT2D eigenvalue weighted by Gasteiger charge is 2.57. The van der Waals surface area contributed by atoms with Crippen molar-refractivity contribution in [3.05, 3.63) is 29.3 Å². The van der Waals surface area contributed by atoms with E-state index in [4.69, 9.17) is 0 Å². The topological polar surface area (TPSA) is 58.2 Å². The zero-order chi connectivity index (χ0) is 15.8. The fraction of sp³-hybridized carbons (Fsp3) is 0.529. The van der Waals surface area contributed by atoms with Crippen molar-refractivity contribution in [3.8, 4) is 0 Å². The summed E-state index contributed by atoms with van der Waals surface area (Å²) in [6, 6.07) is 5.78. The third-order valence-corrected chi connectivity index (χ3v) is 3.87. The first-order chi connectivity index (χ1) is 9.64. The Morgan fingerprint density at radius 2 is 1.67 bits per heavy atom. The molecule has 1 fully saturated rings. The van der Waals surface area contributed by atoms with Crippen LogP contribution in [0.4, 0.5) is 5.69 Å². The molecule has 0 aromatic heterocycles. The number of carbonyl (C=O) groups is 2. The van der Waals surface area contributed by atoms with Crippen molar-refractivity contribution in [3.63, 3.8) is 0 Å². The first-order valence-corrected chi connectivity index (χ1v) is 7.35. The number of benzene rings is 1. The van der Waals surface area contributed by atoms with Gasteiger partial charge >= 0.3 is 0 Å². The summed E-state index contributed by atoms with van der Waals surface area (Å²) in [5, 5.41) is 5.79. The predicted molar refractivity (Wildman–Crippen MR) is 84.1 cm³/mol. The van der Waals surface area contributed by atoms with E-state index in [1.807, 2.05) is 52.8 Å². The standard InChI is InChI=1S/C17H24N2O2/c1-11-6-7-13(10-12(11)2)18-14(20)17(8-9-17)15(21)19-16(3,4)5/h6-7,10H,8-9H2,1-5H3,(H,18,20)(H,19,21). The van der Waals surface area contributed by atoms with Crippen LogP contribution >= 0.6 is 0 Å². The molecule has 0 atom stereocenters. The van der Waals surface area contributed by atoms with Gasteiger partial charge in [-0.25, -0.2) is 0 Å². The minimum atomic E-state index is -0.883. The van der Waals surface area contributed by atoms with Gasteiger partial charge in [0.1, 0.15) is 5.41 Å². The Hall–Kier alpha value is -1.84. The average molecular weight is 288 g/mol. The first kappa shape index (κ1) is 15.5. The number of rotatable bonds is 3. The molecule has 1 aromatic rings.